The second kappa shape index (κ2) is 4.09. The summed E-state index contributed by atoms with van der Waals surface area (Å²) in [6.07, 6.45) is -5.76. The van der Waals surface area contributed by atoms with Crippen molar-refractivity contribution in [3.63, 3.8) is 0 Å². The van der Waals surface area contributed by atoms with Crippen LogP contribution in [0.25, 0.3) is 0 Å². The summed E-state index contributed by atoms with van der Waals surface area (Å²) >= 11 is 0. The summed E-state index contributed by atoms with van der Waals surface area (Å²) in [7, 11) is 1.36. The van der Waals surface area contributed by atoms with Crippen LogP contribution >= 0.6 is 0 Å². The predicted octanol–water partition coefficient (Wildman–Crippen LogP) is -2.96. The molecule has 2 amide bonds. The van der Waals surface area contributed by atoms with Crippen LogP contribution in [0.15, 0.2) is 0 Å². The number of carbonyl (C=O) groups excluding carboxylic acids is 1. The van der Waals surface area contributed by atoms with Crippen LogP contribution < -0.4 is 5.32 Å². The van der Waals surface area contributed by atoms with Crippen molar-refractivity contribution in [1.82, 2.24) is 10.2 Å². The Kier molecular flexibility index (Phi) is 3.27. The van der Waals surface area contributed by atoms with Gasteiger partial charge in [0.1, 0.15) is 18.3 Å². The fourth-order valence-electron chi connectivity index (χ4n) is 1.35. The maximum Gasteiger partial charge on any atom is 0.319 e. The van der Waals surface area contributed by atoms with Gasteiger partial charge in [0.25, 0.3) is 0 Å². The smallest absolute Gasteiger partial charge is 0.319 e. The van der Waals surface area contributed by atoms with Crippen LogP contribution in [0.4, 0.5) is 4.79 Å². The number of urea groups is 1. The van der Waals surface area contributed by atoms with E-state index in [1.54, 1.807) is 0 Å². The third-order valence-corrected chi connectivity index (χ3v) is 2.23. The average molecular weight is 206 g/mol. The van der Waals surface area contributed by atoms with Crippen molar-refractivity contribution in [3.05, 3.63) is 0 Å². The Morgan fingerprint density at radius 1 is 1.29 bits per heavy atom. The minimum Gasteiger partial charge on any atom is -0.388 e. The number of aliphatic hydroxyl groups is 4. The van der Waals surface area contributed by atoms with Gasteiger partial charge in [-0.15, -0.1) is 0 Å². The van der Waals surface area contributed by atoms with E-state index < -0.39 is 30.6 Å². The predicted molar refractivity (Wildman–Crippen MR) is 45.2 cm³/mol. The van der Waals surface area contributed by atoms with E-state index in [1.807, 2.05) is 0 Å². The quantitative estimate of drug-likeness (QED) is 0.291. The molecule has 82 valence electrons. The number of likely N-dealkylation sites (tertiary alicyclic amines) is 1. The molecule has 0 spiro atoms. The SMILES string of the molecule is CNC(=O)N1CC(O)C(O)C(O)C1O. The summed E-state index contributed by atoms with van der Waals surface area (Å²) in [6.45, 7) is -0.223. The van der Waals surface area contributed by atoms with Crippen molar-refractivity contribution < 1.29 is 25.2 Å². The van der Waals surface area contributed by atoms with Gasteiger partial charge < -0.3 is 25.7 Å². The normalized spacial score (nSPS) is 38.2. The molecular weight excluding hydrogens is 192 g/mol. The second-order valence-electron chi connectivity index (χ2n) is 3.17. The van der Waals surface area contributed by atoms with Gasteiger partial charge in [0.05, 0.1) is 6.54 Å². The maximum absolute atomic E-state index is 11.1. The molecule has 0 aromatic heterocycles. The van der Waals surface area contributed by atoms with Gasteiger partial charge in [-0.05, 0) is 0 Å². The zero-order chi connectivity index (χ0) is 10.9. The highest BCUT2D eigenvalue weighted by Crippen LogP contribution is 2.16. The molecule has 4 atom stereocenters. The van der Waals surface area contributed by atoms with E-state index in [1.165, 1.54) is 7.05 Å². The summed E-state index contributed by atoms with van der Waals surface area (Å²) in [5, 5.41) is 39.3. The Morgan fingerprint density at radius 2 is 1.86 bits per heavy atom. The van der Waals surface area contributed by atoms with E-state index in [0.717, 1.165) is 4.90 Å². The van der Waals surface area contributed by atoms with E-state index >= 15 is 0 Å². The molecule has 1 fully saturated rings. The summed E-state index contributed by atoms with van der Waals surface area (Å²) in [6, 6.07) is -0.623. The highest BCUT2D eigenvalue weighted by atomic mass is 16.4. The molecule has 0 bridgehead atoms. The fourth-order valence-corrected chi connectivity index (χ4v) is 1.35. The fraction of sp³-hybridized carbons (Fsp3) is 0.857. The van der Waals surface area contributed by atoms with Crippen LogP contribution in [-0.4, -0.2) is 69.5 Å². The highest BCUT2D eigenvalue weighted by Gasteiger charge is 2.42. The number of piperidine rings is 1. The van der Waals surface area contributed by atoms with Gasteiger partial charge in [-0.2, -0.15) is 0 Å². The Bertz CT molecular complexity index is 224. The van der Waals surface area contributed by atoms with Crippen LogP contribution in [0.2, 0.25) is 0 Å². The monoisotopic (exact) mass is 206 g/mol. The average Bonchev–Trinajstić information content (AvgIpc) is 2.19. The van der Waals surface area contributed by atoms with Gasteiger partial charge in [-0.25, -0.2) is 4.79 Å². The van der Waals surface area contributed by atoms with Crippen LogP contribution in [0.5, 0.6) is 0 Å². The standard InChI is InChI=1S/C7H14N2O5/c1-8-7(14)9-2-3(10)4(11)5(12)6(9)13/h3-6,10-13H,2H2,1H3,(H,8,14). The molecule has 7 nitrogen and oxygen atoms in total. The largest absolute Gasteiger partial charge is 0.388 e. The van der Waals surface area contributed by atoms with Gasteiger partial charge >= 0.3 is 6.03 Å². The van der Waals surface area contributed by atoms with E-state index in [0.29, 0.717) is 0 Å². The number of aliphatic hydroxyl groups excluding tert-OH is 4. The minimum absolute atomic E-state index is 0.223. The molecule has 1 aliphatic heterocycles. The van der Waals surface area contributed by atoms with E-state index in [-0.39, 0.29) is 6.54 Å². The van der Waals surface area contributed by atoms with Gasteiger partial charge in [-0.1, -0.05) is 0 Å². The number of β-amino-alcohol motifs (C(OH)–C–C–N with tert-alkyl or cyclic N) is 1. The summed E-state index contributed by atoms with van der Waals surface area (Å²) < 4.78 is 0. The van der Waals surface area contributed by atoms with E-state index in [2.05, 4.69) is 5.32 Å². The van der Waals surface area contributed by atoms with Gasteiger partial charge in [-0.3, -0.25) is 4.90 Å². The zero-order valence-corrected chi connectivity index (χ0v) is 7.66. The molecular formula is C7H14N2O5. The molecule has 1 aliphatic rings. The molecule has 1 saturated heterocycles. The minimum atomic E-state index is -1.56. The number of hydrogen-bond donors (Lipinski definition) is 5. The van der Waals surface area contributed by atoms with Crippen molar-refractivity contribution in [2.45, 2.75) is 24.5 Å². The lowest BCUT2D eigenvalue weighted by atomic mass is 10.0. The van der Waals surface area contributed by atoms with Crippen LogP contribution in [0.1, 0.15) is 0 Å². The Morgan fingerprint density at radius 3 is 2.36 bits per heavy atom. The third-order valence-electron chi connectivity index (χ3n) is 2.23. The molecule has 4 unspecified atom stereocenters. The highest BCUT2D eigenvalue weighted by molar-refractivity contribution is 5.74. The molecule has 1 rings (SSSR count). The second-order valence-corrected chi connectivity index (χ2v) is 3.17. The molecule has 14 heavy (non-hydrogen) atoms. The first-order valence-corrected chi connectivity index (χ1v) is 4.19. The molecule has 7 heteroatoms. The zero-order valence-electron chi connectivity index (χ0n) is 7.66. The lowest BCUT2D eigenvalue weighted by Crippen LogP contribution is -2.63. The first-order chi connectivity index (χ1) is 6.49. The molecule has 0 aromatic rings. The van der Waals surface area contributed by atoms with E-state index in [4.69, 9.17) is 0 Å². The Hall–Kier alpha value is -0.890. The van der Waals surface area contributed by atoms with Gasteiger partial charge in [0.2, 0.25) is 0 Å². The van der Waals surface area contributed by atoms with Crippen molar-refractivity contribution in [3.8, 4) is 0 Å². The van der Waals surface area contributed by atoms with Gasteiger partial charge in [0, 0.05) is 7.05 Å². The molecule has 0 aromatic carbocycles. The van der Waals surface area contributed by atoms with Crippen molar-refractivity contribution >= 4 is 6.03 Å². The number of rotatable bonds is 0. The third kappa shape index (κ3) is 1.80. The van der Waals surface area contributed by atoms with Crippen LogP contribution in [0, 0.1) is 0 Å². The Balaban J connectivity index is 2.75. The van der Waals surface area contributed by atoms with Crippen molar-refractivity contribution in [2.75, 3.05) is 13.6 Å². The lowest BCUT2D eigenvalue weighted by molar-refractivity contribution is -0.179. The Labute approximate surface area is 80.6 Å². The number of amides is 2. The maximum atomic E-state index is 11.1. The van der Waals surface area contributed by atoms with Crippen molar-refractivity contribution in [2.24, 2.45) is 0 Å². The first-order valence-electron chi connectivity index (χ1n) is 4.19. The number of nitrogens with one attached hydrogen (secondary N) is 1. The van der Waals surface area contributed by atoms with Crippen molar-refractivity contribution in [1.29, 1.82) is 0 Å². The van der Waals surface area contributed by atoms with Crippen LogP contribution in [0.3, 0.4) is 0 Å². The van der Waals surface area contributed by atoms with Crippen LogP contribution in [-0.2, 0) is 0 Å². The molecule has 1 heterocycles. The van der Waals surface area contributed by atoms with Gasteiger partial charge in [0.15, 0.2) is 6.23 Å². The number of nitrogens with zero attached hydrogens (tertiary/aromatic N) is 1. The number of carbonyl (C=O) groups is 1. The summed E-state index contributed by atoms with van der Waals surface area (Å²) in [5.74, 6) is 0. The summed E-state index contributed by atoms with van der Waals surface area (Å²) in [5.41, 5.74) is 0. The molecule has 0 radical (unpaired) electrons. The first kappa shape index (κ1) is 11.2. The van der Waals surface area contributed by atoms with E-state index in [9.17, 15) is 25.2 Å². The lowest BCUT2D eigenvalue weighted by Gasteiger charge is -2.40. The summed E-state index contributed by atoms with van der Waals surface area (Å²) in [4.78, 5) is 12.0. The molecule has 0 aliphatic carbocycles. The topological polar surface area (TPSA) is 113 Å². The number of hydrogen-bond acceptors (Lipinski definition) is 5. The molecule has 0 saturated carbocycles. The molecule has 5 N–H and O–H groups in total.